The molecule has 0 spiro atoms. The van der Waals surface area contributed by atoms with E-state index in [4.69, 9.17) is 5.11 Å². The van der Waals surface area contributed by atoms with Gasteiger partial charge >= 0.3 is 0 Å². The first kappa shape index (κ1) is 20.1. The second-order valence-corrected chi connectivity index (χ2v) is 7.41. The standard InChI is InChI=1S/C21H23N3O3S/c1-23(14-16-8-3-2-4-9-16)19(26)15-28-21-22-18-11-6-5-10-17(18)20(27)24(21)12-7-13-25/h2-6,8-11,25H,7,12-15H2,1H3. The van der Waals surface area contributed by atoms with Gasteiger partial charge in [0.05, 0.1) is 16.7 Å². The lowest BCUT2D eigenvalue weighted by Gasteiger charge is -2.18. The van der Waals surface area contributed by atoms with Gasteiger partial charge in [-0.05, 0) is 24.1 Å². The predicted octanol–water partition coefficient (Wildman–Crippen LogP) is 2.53. The highest BCUT2D eigenvalue weighted by molar-refractivity contribution is 7.99. The molecule has 0 bridgehead atoms. The Labute approximate surface area is 167 Å². The first-order valence-electron chi connectivity index (χ1n) is 9.11. The summed E-state index contributed by atoms with van der Waals surface area (Å²) in [6.45, 7) is 0.883. The average molecular weight is 398 g/mol. The molecule has 1 heterocycles. The van der Waals surface area contributed by atoms with E-state index in [1.165, 1.54) is 11.8 Å². The van der Waals surface area contributed by atoms with Gasteiger partial charge in [0.25, 0.3) is 5.56 Å². The molecular weight excluding hydrogens is 374 g/mol. The summed E-state index contributed by atoms with van der Waals surface area (Å²) in [4.78, 5) is 31.6. The van der Waals surface area contributed by atoms with E-state index in [0.29, 0.717) is 35.6 Å². The minimum atomic E-state index is -0.147. The zero-order valence-corrected chi connectivity index (χ0v) is 16.6. The summed E-state index contributed by atoms with van der Waals surface area (Å²) in [5, 5.41) is 10.2. The van der Waals surface area contributed by atoms with Crippen molar-refractivity contribution in [3.63, 3.8) is 0 Å². The van der Waals surface area contributed by atoms with E-state index in [0.717, 1.165) is 5.56 Å². The molecule has 0 saturated carbocycles. The molecule has 0 aliphatic rings. The number of nitrogens with zero attached hydrogens (tertiary/aromatic N) is 3. The highest BCUT2D eigenvalue weighted by Gasteiger charge is 2.15. The van der Waals surface area contributed by atoms with E-state index in [-0.39, 0.29) is 23.8 Å². The first-order chi connectivity index (χ1) is 13.6. The number of hydrogen-bond donors (Lipinski definition) is 1. The van der Waals surface area contributed by atoms with Gasteiger partial charge in [-0.1, -0.05) is 54.2 Å². The van der Waals surface area contributed by atoms with Crippen molar-refractivity contribution in [2.45, 2.75) is 24.7 Å². The van der Waals surface area contributed by atoms with E-state index in [2.05, 4.69) is 4.98 Å². The van der Waals surface area contributed by atoms with Crippen LogP contribution in [-0.4, -0.2) is 44.9 Å². The van der Waals surface area contributed by atoms with Crippen LogP contribution in [0.2, 0.25) is 0 Å². The lowest BCUT2D eigenvalue weighted by Crippen LogP contribution is -2.29. The van der Waals surface area contributed by atoms with Crippen LogP contribution < -0.4 is 5.56 Å². The summed E-state index contributed by atoms with van der Waals surface area (Å²) in [7, 11) is 1.77. The van der Waals surface area contributed by atoms with Gasteiger partial charge in [0.2, 0.25) is 5.91 Å². The number of aliphatic hydroxyl groups is 1. The second kappa shape index (κ2) is 9.52. The topological polar surface area (TPSA) is 75.4 Å². The number of benzene rings is 2. The molecule has 1 amide bonds. The maximum atomic E-state index is 12.8. The van der Waals surface area contributed by atoms with Crippen LogP contribution in [0.25, 0.3) is 10.9 Å². The molecule has 7 heteroatoms. The zero-order chi connectivity index (χ0) is 19.9. The number of aliphatic hydroxyl groups excluding tert-OH is 1. The third-order valence-electron chi connectivity index (χ3n) is 4.38. The Kier molecular flexibility index (Phi) is 6.84. The highest BCUT2D eigenvalue weighted by Crippen LogP contribution is 2.19. The Morgan fingerprint density at radius 2 is 1.86 bits per heavy atom. The third kappa shape index (κ3) is 4.79. The molecular formula is C21H23N3O3S. The molecule has 0 saturated heterocycles. The number of para-hydroxylation sites is 1. The lowest BCUT2D eigenvalue weighted by atomic mass is 10.2. The molecule has 0 aliphatic heterocycles. The summed E-state index contributed by atoms with van der Waals surface area (Å²) in [5.41, 5.74) is 1.53. The van der Waals surface area contributed by atoms with Crippen LogP contribution in [0.1, 0.15) is 12.0 Å². The van der Waals surface area contributed by atoms with Crippen LogP contribution >= 0.6 is 11.8 Å². The average Bonchev–Trinajstić information content (AvgIpc) is 2.72. The summed E-state index contributed by atoms with van der Waals surface area (Å²) in [6.07, 6.45) is 0.454. The van der Waals surface area contributed by atoms with Crippen molar-refractivity contribution in [2.24, 2.45) is 0 Å². The molecule has 6 nitrogen and oxygen atoms in total. The number of aromatic nitrogens is 2. The number of fused-ring (bicyclic) bond motifs is 1. The Morgan fingerprint density at radius 1 is 1.14 bits per heavy atom. The number of carbonyl (C=O) groups is 1. The lowest BCUT2D eigenvalue weighted by molar-refractivity contribution is -0.127. The van der Waals surface area contributed by atoms with Crippen molar-refractivity contribution in [3.8, 4) is 0 Å². The van der Waals surface area contributed by atoms with Crippen LogP contribution in [0.15, 0.2) is 64.5 Å². The molecule has 0 aliphatic carbocycles. The fourth-order valence-corrected chi connectivity index (χ4v) is 3.83. The summed E-state index contributed by atoms with van der Waals surface area (Å²) >= 11 is 1.25. The van der Waals surface area contributed by atoms with E-state index < -0.39 is 0 Å². The molecule has 3 rings (SSSR count). The van der Waals surface area contributed by atoms with Crippen molar-refractivity contribution in [1.82, 2.24) is 14.5 Å². The molecule has 0 radical (unpaired) electrons. The number of rotatable bonds is 8. The first-order valence-corrected chi connectivity index (χ1v) is 10.1. The quantitative estimate of drug-likeness (QED) is 0.467. The number of thioether (sulfide) groups is 1. The molecule has 1 N–H and O–H groups in total. The van der Waals surface area contributed by atoms with Gasteiger partial charge in [-0.25, -0.2) is 4.98 Å². The molecule has 0 unspecified atom stereocenters. The molecule has 146 valence electrons. The van der Waals surface area contributed by atoms with Gasteiger partial charge in [-0.3, -0.25) is 14.2 Å². The maximum Gasteiger partial charge on any atom is 0.262 e. The predicted molar refractivity (Wildman–Crippen MR) is 111 cm³/mol. The molecule has 0 atom stereocenters. The Hall–Kier alpha value is -2.64. The van der Waals surface area contributed by atoms with Crippen LogP contribution in [0.4, 0.5) is 0 Å². The number of hydrogen-bond acceptors (Lipinski definition) is 5. The van der Waals surface area contributed by atoms with Crippen LogP contribution in [0.5, 0.6) is 0 Å². The van der Waals surface area contributed by atoms with Crippen LogP contribution in [-0.2, 0) is 17.9 Å². The van der Waals surface area contributed by atoms with Crippen molar-refractivity contribution in [2.75, 3.05) is 19.4 Å². The van der Waals surface area contributed by atoms with Gasteiger partial charge in [0, 0.05) is 26.7 Å². The number of carbonyl (C=O) groups excluding carboxylic acids is 1. The van der Waals surface area contributed by atoms with E-state index in [1.807, 2.05) is 36.4 Å². The van der Waals surface area contributed by atoms with Crippen LogP contribution in [0, 0.1) is 0 Å². The molecule has 1 aromatic heterocycles. The maximum absolute atomic E-state index is 12.8. The summed E-state index contributed by atoms with van der Waals surface area (Å²) in [6, 6.07) is 17.0. The SMILES string of the molecule is CN(Cc1ccccc1)C(=O)CSc1nc2ccccc2c(=O)n1CCCO. The Balaban J connectivity index is 1.77. The summed E-state index contributed by atoms with van der Waals surface area (Å²) in [5.74, 6) is 0.151. The van der Waals surface area contributed by atoms with Crippen LogP contribution in [0.3, 0.4) is 0 Å². The molecule has 2 aromatic carbocycles. The largest absolute Gasteiger partial charge is 0.396 e. The van der Waals surface area contributed by atoms with Gasteiger partial charge in [-0.15, -0.1) is 0 Å². The fourth-order valence-electron chi connectivity index (χ4n) is 2.87. The minimum Gasteiger partial charge on any atom is -0.396 e. The Bertz CT molecular complexity index is 1000. The smallest absolute Gasteiger partial charge is 0.262 e. The van der Waals surface area contributed by atoms with Crippen molar-refractivity contribution >= 4 is 28.6 Å². The molecule has 28 heavy (non-hydrogen) atoms. The fraction of sp³-hybridized carbons (Fsp3) is 0.286. The third-order valence-corrected chi connectivity index (χ3v) is 5.34. The van der Waals surface area contributed by atoms with E-state index in [1.54, 1.807) is 34.7 Å². The molecule has 3 aromatic rings. The van der Waals surface area contributed by atoms with Gasteiger partial charge in [-0.2, -0.15) is 0 Å². The Morgan fingerprint density at radius 3 is 2.61 bits per heavy atom. The second-order valence-electron chi connectivity index (χ2n) is 6.47. The summed E-state index contributed by atoms with van der Waals surface area (Å²) < 4.78 is 1.55. The van der Waals surface area contributed by atoms with E-state index in [9.17, 15) is 9.59 Å². The van der Waals surface area contributed by atoms with E-state index >= 15 is 0 Å². The monoisotopic (exact) mass is 397 g/mol. The van der Waals surface area contributed by atoms with Crippen molar-refractivity contribution < 1.29 is 9.90 Å². The number of amides is 1. The van der Waals surface area contributed by atoms with Gasteiger partial charge in [0.15, 0.2) is 5.16 Å². The minimum absolute atomic E-state index is 0.0118. The van der Waals surface area contributed by atoms with Gasteiger partial charge in [0.1, 0.15) is 0 Å². The van der Waals surface area contributed by atoms with Crippen molar-refractivity contribution in [1.29, 1.82) is 0 Å². The van der Waals surface area contributed by atoms with Gasteiger partial charge < -0.3 is 10.0 Å². The van der Waals surface area contributed by atoms with Crippen molar-refractivity contribution in [3.05, 3.63) is 70.5 Å². The zero-order valence-electron chi connectivity index (χ0n) is 15.7. The molecule has 0 fully saturated rings. The highest BCUT2D eigenvalue weighted by atomic mass is 32.2. The normalized spacial score (nSPS) is 10.9.